The number of hydrogen-bond acceptors (Lipinski definition) is 6. The first-order valence-electron chi connectivity index (χ1n) is 7.94. The monoisotopic (exact) mass is 421 g/mol. The molecule has 0 bridgehead atoms. The molecule has 26 heavy (non-hydrogen) atoms. The van der Waals surface area contributed by atoms with E-state index in [1.54, 1.807) is 12.1 Å². The summed E-state index contributed by atoms with van der Waals surface area (Å²) in [7, 11) is -3.68. The maximum atomic E-state index is 11.8. The van der Waals surface area contributed by atoms with E-state index in [0.717, 1.165) is 19.5 Å². The van der Waals surface area contributed by atoms with Gasteiger partial charge in [-0.2, -0.15) is 0 Å². The number of rotatable bonds is 9. The molecular formula is C16H24ClN3O4S2. The normalized spacial score (nSPS) is 14.1. The number of halogens is 1. The van der Waals surface area contributed by atoms with E-state index < -0.39 is 10.0 Å². The van der Waals surface area contributed by atoms with Crippen LogP contribution in [-0.4, -0.2) is 52.1 Å². The van der Waals surface area contributed by atoms with Crippen LogP contribution in [0, 0.1) is 0 Å². The number of ether oxygens (including phenoxy) is 1. The van der Waals surface area contributed by atoms with Crippen molar-refractivity contribution in [3.05, 3.63) is 35.9 Å². The van der Waals surface area contributed by atoms with Gasteiger partial charge in [-0.15, -0.1) is 24.2 Å². The summed E-state index contributed by atoms with van der Waals surface area (Å²) in [4.78, 5) is 11.8. The zero-order valence-electron chi connectivity index (χ0n) is 14.3. The van der Waals surface area contributed by atoms with Gasteiger partial charge in [0.1, 0.15) is 5.75 Å². The lowest BCUT2D eigenvalue weighted by molar-refractivity contribution is -0.118. The van der Waals surface area contributed by atoms with Crippen LogP contribution in [0.15, 0.2) is 40.8 Å². The lowest BCUT2D eigenvalue weighted by Gasteiger charge is -2.14. The summed E-state index contributed by atoms with van der Waals surface area (Å²) in [6, 6.07) is 5.93. The molecule has 0 unspecified atom stereocenters. The molecule has 0 saturated heterocycles. The van der Waals surface area contributed by atoms with E-state index in [1.807, 2.05) is 0 Å². The minimum atomic E-state index is -3.68. The number of nitrogens with one attached hydrogen (secondary N) is 2. The maximum Gasteiger partial charge on any atom is 0.238 e. The molecule has 0 aliphatic carbocycles. The molecule has 0 radical (unpaired) electrons. The summed E-state index contributed by atoms with van der Waals surface area (Å²) in [6.07, 6.45) is 3.09. The summed E-state index contributed by atoms with van der Waals surface area (Å²) in [5.74, 6) is 1.63. The van der Waals surface area contributed by atoms with Gasteiger partial charge in [0.05, 0.1) is 17.3 Å². The summed E-state index contributed by atoms with van der Waals surface area (Å²) in [6.45, 7) is 2.89. The van der Waals surface area contributed by atoms with Crippen molar-refractivity contribution >= 4 is 40.1 Å². The van der Waals surface area contributed by atoms with Gasteiger partial charge in [0.15, 0.2) is 0 Å². The van der Waals surface area contributed by atoms with Crippen molar-refractivity contribution in [3.8, 4) is 5.75 Å². The first kappa shape index (κ1) is 22.8. The molecule has 0 saturated carbocycles. The molecule has 0 spiro atoms. The van der Waals surface area contributed by atoms with Gasteiger partial charge in [-0.3, -0.25) is 4.79 Å². The molecule has 146 valence electrons. The second-order valence-corrected chi connectivity index (χ2v) is 8.18. The number of hydrogen-bond donors (Lipinski definition) is 3. The third-order valence-electron chi connectivity index (χ3n) is 3.55. The fourth-order valence-electron chi connectivity index (χ4n) is 2.20. The van der Waals surface area contributed by atoms with Crippen molar-refractivity contribution in [2.75, 3.05) is 37.7 Å². The van der Waals surface area contributed by atoms with E-state index in [4.69, 9.17) is 9.88 Å². The van der Waals surface area contributed by atoms with Crippen molar-refractivity contribution in [1.82, 2.24) is 10.6 Å². The topological polar surface area (TPSA) is 111 Å². The van der Waals surface area contributed by atoms with Crippen molar-refractivity contribution in [1.29, 1.82) is 0 Å². The number of benzene rings is 1. The minimum Gasteiger partial charge on any atom is -0.493 e. The summed E-state index contributed by atoms with van der Waals surface area (Å²) in [5, 5.41) is 11.2. The van der Waals surface area contributed by atoms with Gasteiger partial charge < -0.3 is 15.4 Å². The van der Waals surface area contributed by atoms with Crippen LogP contribution >= 0.6 is 24.2 Å². The zero-order chi connectivity index (χ0) is 18.1. The van der Waals surface area contributed by atoms with Gasteiger partial charge >= 0.3 is 0 Å². The quantitative estimate of drug-likeness (QED) is 0.403. The molecule has 1 aromatic carbocycles. The first-order chi connectivity index (χ1) is 11.9. The average molecular weight is 422 g/mol. The van der Waals surface area contributed by atoms with Gasteiger partial charge in [-0.25, -0.2) is 13.6 Å². The molecular weight excluding hydrogens is 398 g/mol. The van der Waals surface area contributed by atoms with Crippen molar-refractivity contribution in [2.45, 2.75) is 11.3 Å². The number of thioether (sulfide) groups is 1. The van der Waals surface area contributed by atoms with Crippen LogP contribution in [0.1, 0.15) is 6.42 Å². The van der Waals surface area contributed by atoms with Crippen LogP contribution in [0.3, 0.4) is 0 Å². The Kier molecular flexibility index (Phi) is 10.0. The van der Waals surface area contributed by atoms with E-state index >= 15 is 0 Å². The second kappa shape index (κ2) is 11.5. The van der Waals surface area contributed by atoms with Crippen LogP contribution in [-0.2, 0) is 14.8 Å². The van der Waals surface area contributed by atoms with E-state index in [9.17, 15) is 13.2 Å². The molecule has 4 N–H and O–H groups in total. The van der Waals surface area contributed by atoms with Crippen LogP contribution in [0.5, 0.6) is 5.75 Å². The fourth-order valence-corrected chi connectivity index (χ4v) is 3.35. The number of nitrogens with two attached hydrogens (primary N) is 1. The Labute approximate surface area is 164 Å². The molecule has 7 nitrogen and oxygen atoms in total. The number of carbonyl (C=O) groups excluding carboxylic acids is 1. The van der Waals surface area contributed by atoms with Crippen molar-refractivity contribution in [3.63, 3.8) is 0 Å². The Morgan fingerprint density at radius 3 is 2.65 bits per heavy atom. The van der Waals surface area contributed by atoms with E-state index in [-0.39, 0.29) is 23.2 Å². The SMILES string of the molecule is Cl.NS(=O)(=O)c1ccc(OCCSCC(=O)NCC2=CCNCC2)cc1. The Morgan fingerprint density at radius 1 is 1.31 bits per heavy atom. The molecule has 1 aliphatic rings. The van der Waals surface area contributed by atoms with E-state index in [0.29, 0.717) is 30.4 Å². The smallest absolute Gasteiger partial charge is 0.238 e. The number of carbonyl (C=O) groups is 1. The van der Waals surface area contributed by atoms with E-state index in [1.165, 1.54) is 29.5 Å². The third-order valence-corrected chi connectivity index (χ3v) is 5.40. The molecule has 0 atom stereocenters. The molecule has 2 rings (SSSR count). The highest BCUT2D eigenvalue weighted by Gasteiger charge is 2.08. The molecule has 1 aliphatic heterocycles. The largest absolute Gasteiger partial charge is 0.493 e. The van der Waals surface area contributed by atoms with Gasteiger partial charge in [0, 0.05) is 18.8 Å². The Morgan fingerprint density at radius 2 is 2.04 bits per heavy atom. The van der Waals surface area contributed by atoms with Gasteiger partial charge in [0.2, 0.25) is 15.9 Å². The molecule has 1 aromatic rings. The molecule has 1 amide bonds. The van der Waals surface area contributed by atoms with Crippen LogP contribution in [0.4, 0.5) is 0 Å². The highest BCUT2D eigenvalue weighted by Crippen LogP contribution is 2.15. The summed E-state index contributed by atoms with van der Waals surface area (Å²) < 4.78 is 27.8. The molecule has 0 fully saturated rings. The lowest BCUT2D eigenvalue weighted by atomic mass is 10.1. The van der Waals surface area contributed by atoms with E-state index in [2.05, 4.69) is 16.7 Å². The highest BCUT2D eigenvalue weighted by atomic mass is 35.5. The average Bonchev–Trinajstić information content (AvgIpc) is 2.60. The van der Waals surface area contributed by atoms with Gasteiger partial charge in [-0.1, -0.05) is 11.6 Å². The third kappa shape index (κ3) is 8.41. The maximum absolute atomic E-state index is 11.8. The van der Waals surface area contributed by atoms with Crippen LogP contribution in [0.25, 0.3) is 0 Å². The first-order valence-corrected chi connectivity index (χ1v) is 10.6. The van der Waals surface area contributed by atoms with Gasteiger partial charge in [0.25, 0.3) is 0 Å². The zero-order valence-corrected chi connectivity index (χ0v) is 16.7. The minimum absolute atomic E-state index is 0. The van der Waals surface area contributed by atoms with Gasteiger partial charge in [-0.05, 0) is 37.2 Å². The molecule has 1 heterocycles. The Bertz CT molecular complexity index is 709. The lowest BCUT2D eigenvalue weighted by Crippen LogP contribution is -2.30. The Hall–Kier alpha value is -1.26. The van der Waals surface area contributed by atoms with Crippen molar-refractivity contribution in [2.24, 2.45) is 5.14 Å². The van der Waals surface area contributed by atoms with Crippen molar-refractivity contribution < 1.29 is 17.9 Å². The number of amides is 1. The summed E-state index contributed by atoms with van der Waals surface area (Å²) in [5.41, 5.74) is 1.27. The Balaban J connectivity index is 0.00000338. The second-order valence-electron chi connectivity index (χ2n) is 5.51. The molecule has 10 heteroatoms. The van der Waals surface area contributed by atoms with Crippen LogP contribution < -0.4 is 20.5 Å². The number of primary sulfonamides is 1. The standard InChI is InChI=1S/C16H23N3O4S2.ClH/c17-25(21,22)15-3-1-14(2-4-15)23-9-10-24-12-16(20)19-11-13-5-7-18-8-6-13;/h1-5,18H,6-12H2,(H,19,20)(H2,17,21,22);1H. The summed E-state index contributed by atoms with van der Waals surface area (Å²) >= 11 is 1.49. The fraction of sp³-hybridized carbons (Fsp3) is 0.438. The number of sulfonamides is 1. The van der Waals surface area contributed by atoms with Crippen LogP contribution in [0.2, 0.25) is 0 Å². The highest BCUT2D eigenvalue weighted by molar-refractivity contribution is 7.99. The predicted molar refractivity (Wildman–Crippen MR) is 106 cm³/mol. The predicted octanol–water partition coefficient (Wildman–Crippen LogP) is 0.904. The molecule has 0 aromatic heterocycles.